The molecule has 0 atom stereocenters. The third-order valence-corrected chi connectivity index (χ3v) is 4.21. The van der Waals surface area contributed by atoms with Crippen molar-refractivity contribution < 1.29 is 0 Å². The average molecular weight is 312 g/mol. The van der Waals surface area contributed by atoms with Crippen LogP contribution in [0.25, 0.3) is 0 Å². The molecule has 0 fully saturated rings. The maximum atomic E-state index is 3.11. The molecule has 0 aliphatic heterocycles. The minimum atomic E-state index is 0.493. The van der Waals surface area contributed by atoms with Gasteiger partial charge in [0, 0.05) is 5.92 Å². The smallest absolute Gasteiger partial charge is 0.0118 e. The summed E-state index contributed by atoms with van der Waals surface area (Å²) >= 11 is 0. The van der Waals surface area contributed by atoms with Crippen molar-refractivity contribution in [2.45, 2.75) is 47.5 Å². The molecule has 0 radical (unpaired) electrons. The van der Waals surface area contributed by atoms with Gasteiger partial charge in [0.1, 0.15) is 0 Å². The predicted octanol–water partition coefficient (Wildman–Crippen LogP) is 5.71. The molecule has 0 bridgehead atoms. The molecule has 1 nitrogen and oxygen atoms in total. The second-order valence-electron chi connectivity index (χ2n) is 6.39. The van der Waals surface area contributed by atoms with Crippen molar-refractivity contribution in [1.82, 2.24) is 5.32 Å². The lowest BCUT2D eigenvalue weighted by atomic mass is 9.79. The second-order valence-corrected chi connectivity index (χ2v) is 6.39. The molecular weight excluding hydrogens is 278 g/mol. The van der Waals surface area contributed by atoms with E-state index in [1.54, 1.807) is 0 Å². The van der Waals surface area contributed by atoms with Crippen LogP contribution in [0.15, 0.2) is 48.5 Å². The summed E-state index contributed by atoms with van der Waals surface area (Å²) in [7, 11) is 0. The maximum absolute atomic E-state index is 3.11. The van der Waals surface area contributed by atoms with Gasteiger partial charge in [0.05, 0.1) is 0 Å². The van der Waals surface area contributed by atoms with Crippen molar-refractivity contribution in [1.29, 1.82) is 0 Å². The fourth-order valence-electron chi connectivity index (χ4n) is 3.01. The van der Waals surface area contributed by atoms with Gasteiger partial charge in [-0.25, -0.2) is 0 Å². The van der Waals surface area contributed by atoms with Gasteiger partial charge in [-0.05, 0) is 55.1 Å². The Labute approximate surface area is 143 Å². The lowest BCUT2D eigenvalue weighted by Crippen LogP contribution is -2.11. The highest BCUT2D eigenvalue weighted by Gasteiger charge is 2.20. The normalized spacial score (nSPS) is 10.6. The summed E-state index contributed by atoms with van der Waals surface area (Å²) in [6, 6.07) is 17.5. The quantitative estimate of drug-likeness (QED) is 0.746. The zero-order chi connectivity index (χ0) is 17.2. The van der Waals surface area contributed by atoms with E-state index in [4.69, 9.17) is 0 Å². The summed E-state index contributed by atoms with van der Waals surface area (Å²) in [5, 5.41) is 3.11. The molecule has 126 valence electrons. The first-order valence-corrected chi connectivity index (χ1v) is 8.84. The first-order valence-electron chi connectivity index (χ1n) is 8.84. The maximum Gasteiger partial charge on any atom is 0.0118 e. The molecule has 0 saturated heterocycles. The number of nitrogens with one attached hydrogen (secondary N) is 1. The summed E-state index contributed by atoms with van der Waals surface area (Å²) in [5.41, 5.74) is 5.70. The van der Waals surface area contributed by atoms with Crippen LogP contribution >= 0.6 is 0 Å². The molecule has 2 rings (SSSR count). The van der Waals surface area contributed by atoms with Gasteiger partial charge in [0.2, 0.25) is 0 Å². The van der Waals surface area contributed by atoms with Gasteiger partial charge in [-0.15, -0.1) is 0 Å². The highest BCUT2D eigenvalue weighted by atomic mass is 14.8. The molecular formula is C22H33N. The Balaban J connectivity index is 0.000000463. The number of aryl methyl sites for hydroxylation is 2. The molecule has 1 heteroatoms. The summed E-state index contributed by atoms with van der Waals surface area (Å²) in [6.07, 6.45) is 0. The Morgan fingerprint density at radius 2 is 1.13 bits per heavy atom. The largest absolute Gasteiger partial charge is 0.317 e. The molecule has 0 unspecified atom stereocenters. The zero-order valence-corrected chi connectivity index (χ0v) is 15.7. The first kappa shape index (κ1) is 19.4. The van der Waals surface area contributed by atoms with Gasteiger partial charge in [-0.1, -0.05) is 76.2 Å². The third-order valence-electron chi connectivity index (χ3n) is 4.21. The lowest BCUT2D eigenvalue weighted by Gasteiger charge is -2.25. The van der Waals surface area contributed by atoms with Gasteiger partial charge in [0.15, 0.2) is 0 Å². The van der Waals surface area contributed by atoms with E-state index in [-0.39, 0.29) is 0 Å². The van der Waals surface area contributed by atoms with E-state index >= 15 is 0 Å². The summed E-state index contributed by atoms with van der Waals surface area (Å²) in [5.74, 6) is 1.10. The van der Waals surface area contributed by atoms with Crippen molar-refractivity contribution in [3.63, 3.8) is 0 Å². The molecule has 0 aromatic heterocycles. The minimum absolute atomic E-state index is 0.493. The Hall–Kier alpha value is -1.60. The van der Waals surface area contributed by atoms with Crippen molar-refractivity contribution in [3.8, 4) is 0 Å². The fourth-order valence-corrected chi connectivity index (χ4v) is 3.01. The molecule has 1 N–H and O–H groups in total. The van der Waals surface area contributed by atoms with Crippen molar-refractivity contribution >= 4 is 0 Å². The van der Waals surface area contributed by atoms with Gasteiger partial charge in [-0.2, -0.15) is 0 Å². The highest BCUT2D eigenvalue weighted by molar-refractivity contribution is 5.41. The van der Waals surface area contributed by atoms with Crippen molar-refractivity contribution in [3.05, 3.63) is 70.8 Å². The second kappa shape index (κ2) is 10.2. The Morgan fingerprint density at radius 3 is 1.39 bits per heavy atom. The van der Waals surface area contributed by atoms with Crippen LogP contribution < -0.4 is 5.32 Å². The summed E-state index contributed by atoms with van der Waals surface area (Å²) in [4.78, 5) is 0. The van der Waals surface area contributed by atoms with Crippen molar-refractivity contribution in [2.24, 2.45) is 5.92 Å². The van der Waals surface area contributed by atoms with Crippen LogP contribution in [0.4, 0.5) is 0 Å². The van der Waals surface area contributed by atoms with E-state index < -0.39 is 0 Å². The van der Waals surface area contributed by atoms with Gasteiger partial charge in [-0.3, -0.25) is 0 Å². The van der Waals surface area contributed by atoms with Crippen molar-refractivity contribution in [2.75, 3.05) is 13.1 Å². The Bertz CT molecular complexity index is 524. The van der Waals surface area contributed by atoms with Crippen LogP contribution in [-0.4, -0.2) is 13.1 Å². The standard InChI is InChI=1S/C18H22.C4H11N/c1-13(2)18(16-11-7-5-9-14(16)3)17-12-8-6-10-15(17)4;1-3-5-4-2/h5-13,18H,1-4H3;5H,3-4H2,1-2H3. The summed E-state index contributed by atoms with van der Waals surface area (Å²) < 4.78 is 0. The van der Waals surface area contributed by atoms with Crippen LogP contribution in [0.5, 0.6) is 0 Å². The number of benzene rings is 2. The first-order chi connectivity index (χ1) is 11.0. The third kappa shape index (κ3) is 5.84. The van der Waals surface area contributed by atoms with E-state index in [1.807, 2.05) is 0 Å². The molecule has 0 saturated carbocycles. The van der Waals surface area contributed by atoms with Gasteiger partial charge in [0.25, 0.3) is 0 Å². The van der Waals surface area contributed by atoms with Crippen LogP contribution in [0.2, 0.25) is 0 Å². The molecule has 0 spiro atoms. The molecule has 23 heavy (non-hydrogen) atoms. The molecule has 0 heterocycles. The number of hydrogen-bond acceptors (Lipinski definition) is 1. The molecule has 0 amide bonds. The topological polar surface area (TPSA) is 12.0 Å². The van der Waals surface area contributed by atoms with E-state index in [1.165, 1.54) is 22.3 Å². The van der Waals surface area contributed by atoms with E-state index in [2.05, 4.69) is 95.4 Å². The average Bonchev–Trinajstić information content (AvgIpc) is 2.52. The van der Waals surface area contributed by atoms with Crippen LogP contribution in [0.3, 0.4) is 0 Å². The minimum Gasteiger partial charge on any atom is -0.317 e. The molecule has 0 aliphatic carbocycles. The predicted molar refractivity (Wildman–Crippen MR) is 103 cm³/mol. The molecule has 2 aromatic carbocycles. The number of hydrogen-bond donors (Lipinski definition) is 1. The Kier molecular flexibility index (Phi) is 8.65. The zero-order valence-electron chi connectivity index (χ0n) is 15.7. The lowest BCUT2D eigenvalue weighted by molar-refractivity contribution is 0.559. The SMILES string of the molecule is CCNCC.Cc1ccccc1C(c1ccccc1C)C(C)C. The fraction of sp³-hybridized carbons (Fsp3) is 0.455. The van der Waals surface area contributed by atoms with Crippen LogP contribution in [-0.2, 0) is 0 Å². The van der Waals surface area contributed by atoms with Crippen LogP contribution in [0.1, 0.15) is 55.9 Å². The van der Waals surface area contributed by atoms with Crippen LogP contribution in [0, 0.1) is 19.8 Å². The molecule has 0 aliphatic rings. The van der Waals surface area contributed by atoms with Gasteiger partial charge >= 0.3 is 0 Å². The Morgan fingerprint density at radius 1 is 0.739 bits per heavy atom. The van der Waals surface area contributed by atoms with E-state index in [0.29, 0.717) is 11.8 Å². The van der Waals surface area contributed by atoms with Gasteiger partial charge < -0.3 is 5.32 Å². The van der Waals surface area contributed by atoms with E-state index in [0.717, 1.165) is 13.1 Å². The number of rotatable bonds is 5. The van der Waals surface area contributed by atoms with E-state index in [9.17, 15) is 0 Å². The highest BCUT2D eigenvalue weighted by Crippen LogP contribution is 2.35. The molecule has 2 aromatic rings. The summed E-state index contributed by atoms with van der Waals surface area (Å²) in [6.45, 7) is 15.4. The monoisotopic (exact) mass is 311 g/mol.